The number of rotatable bonds is 7. The van der Waals surface area contributed by atoms with Crippen LogP contribution in [-0.2, 0) is 0 Å². The maximum absolute atomic E-state index is 12.3. The standard InChI is InChI=1S/C16H27N3O2/c1-12(2)8-9-16(3,21)11-18-15(20)13-7-6-10-17-14(13)19(4)5/h6-7,10,12,21H,8-9,11H2,1-5H3,(H,18,20). The van der Waals surface area contributed by atoms with Crippen LogP contribution in [0.15, 0.2) is 18.3 Å². The number of nitrogens with one attached hydrogen (secondary N) is 1. The van der Waals surface area contributed by atoms with E-state index in [-0.39, 0.29) is 12.5 Å². The minimum Gasteiger partial charge on any atom is -0.388 e. The predicted molar refractivity (Wildman–Crippen MR) is 85.6 cm³/mol. The first-order valence-electron chi connectivity index (χ1n) is 7.36. The van der Waals surface area contributed by atoms with Crippen LogP contribution >= 0.6 is 0 Å². The van der Waals surface area contributed by atoms with Crippen molar-refractivity contribution in [3.8, 4) is 0 Å². The van der Waals surface area contributed by atoms with E-state index < -0.39 is 5.60 Å². The second kappa shape index (κ2) is 7.41. The van der Waals surface area contributed by atoms with Crippen LogP contribution in [0.5, 0.6) is 0 Å². The van der Waals surface area contributed by atoms with E-state index in [1.54, 1.807) is 30.2 Å². The lowest BCUT2D eigenvalue weighted by Gasteiger charge is -2.25. The number of anilines is 1. The molecule has 5 heteroatoms. The van der Waals surface area contributed by atoms with E-state index in [2.05, 4.69) is 24.1 Å². The van der Waals surface area contributed by atoms with Gasteiger partial charge < -0.3 is 15.3 Å². The summed E-state index contributed by atoms with van der Waals surface area (Å²) in [5.74, 6) is 0.944. The first-order chi connectivity index (χ1) is 9.73. The second-order valence-electron chi connectivity index (χ2n) is 6.38. The molecule has 0 aromatic carbocycles. The lowest BCUT2D eigenvalue weighted by atomic mass is 9.95. The molecule has 0 aliphatic heterocycles. The summed E-state index contributed by atoms with van der Waals surface area (Å²) in [6, 6.07) is 3.47. The summed E-state index contributed by atoms with van der Waals surface area (Å²) in [6.07, 6.45) is 3.25. The Morgan fingerprint density at radius 2 is 2.14 bits per heavy atom. The fraction of sp³-hybridized carbons (Fsp3) is 0.625. The van der Waals surface area contributed by atoms with Gasteiger partial charge in [0.05, 0.1) is 11.2 Å². The van der Waals surface area contributed by atoms with E-state index in [0.717, 1.165) is 6.42 Å². The number of pyridine rings is 1. The zero-order valence-electron chi connectivity index (χ0n) is 13.7. The van der Waals surface area contributed by atoms with Crippen LogP contribution in [0.3, 0.4) is 0 Å². The normalized spacial score (nSPS) is 13.9. The number of carbonyl (C=O) groups excluding carboxylic acids is 1. The molecule has 0 saturated heterocycles. The van der Waals surface area contributed by atoms with Crippen molar-refractivity contribution in [2.24, 2.45) is 5.92 Å². The summed E-state index contributed by atoms with van der Waals surface area (Å²) < 4.78 is 0. The van der Waals surface area contributed by atoms with Gasteiger partial charge in [-0.2, -0.15) is 0 Å². The Bertz CT molecular complexity index is 470. The van der Waals surface area contributed by atoms with Gasteiger partial charge in [-0.1, -0.05) is 13.8 Å². The largest absolute Gasteiger partial charge is 0.388 e. The molecule has 1 atom stereocenters. The zero-order valence-corrected chi connectivity index (χ0v) is 13.7. The zero-order chi connectivity index (χ0) is 16.0. The molecule has 2 N–H and O–H groups in total. The molecule has 0 fully saturated rings. The van der Waals surface area contributed by atoms with Crippen molar-refractivity contribution < 1.29 is 9.90 Å². The quantitative estimate of drug-likeness (QED) is 0.807. The second-order valence-corrected chi connectivity index (χ2v) is 6.38. The molecule has 1 rings (SSSR count). The average Bonchev–Trinajstić information content (AvgIpc) is 2.43. The number of amides is 1. The molecular formula is C16H27N3O2. The Balaban J connectivity index is 2.66. The molecule has 0 radical (unpaired) electrons. The van der Waals surface area contributed by atoms with E-state index >= 15 is 0 Å². The number of aliphatic hydroxyl groups is 1. The van der Waals surface area contributed by atoms with Crippen molar-refractivity contribution in [3.05, 3.63) is 23.9 Å². The Labute approximate surface area is 127 Å². The fourth-order valence-electron chi connectivity index (χ4n) is 1.98. The van der Waals surface area contributed by atoms with E-state index in [4.69, 9.17) is 0 Å². The third-order valence-electron chi connectivity index (χ3n) is 3.34. The van der Waals surface area contributed by atoms with E-state index in [9.17, 15) is 9.90 Å². The smallest absolute Gasteiger partial charge is 0.255 e. The molecule has 0 aliphatic rings. The van der Waals surface area contributed by atoms with Crippen LogP contribution in [0.25, 0.3) is 0 Å². The lowest BCUT2D eigenvalue weighted by Crippen LogP contribution is -2.41. The highest BCUT2D eigenvalue weighted by molar-refractivity contribution is 5.98. The van der Waals surface area contributed by atoms with Gasteiger partial charge in [-0.15, -0.1) is 0 Å². The van der Waals surface area contributed by atoms with E-state index in [0.29, 0.717) is 23.7 Å². The van der Waals surface area contributed by atoms with Gasteiger partial charge in [-0.25, -0.2) is 4.98 Å². The van der Waals surface area contributed by atoms with Crippen LogP contribution in [0.1, 0.15) is 44.0 Å². The third-order valence-corrected chi connectivity index (χ3v) is 3.34. The van der Waals surface area contributed by atoms with Crippen LogP contribution in [0.2, 0.25) is 0 Å². The summed E-state index contributed by atoms with van der Waals surface area (Å²) in [5.41, 5.74) is -0.373. The van der Waals surface area contributed by atoms with E-state index in [1.165, 1.54) is 0 Å². The molecule has 118 valence electrons. The first kappa shape index (κ1) is 17.4. The maximum atomic E-state index is 12.3. The van der Waals surface area contributed by atoms with Crippen molar-refractivity contribution in [2.45, 2.75) is 39.2 Å². The summed E-state index contributed by atoms with van der Waals surface area (Å²) in [5, 5.41) is 13.1. The summed E-state index contributed by atoms with van der Waals surface area (Å²) in [7, 11) is 3.69. The highest BCUT2D eigenvalue weighted by Gasteiger charge is 2.22. The molecule has 0 aliphatic carbocycles. The van der Waals surface area contributed by atoms with E-state index in [1.807, 2.05) is 14.1 Å². The lowest BCUT2D eigenvalue weighted by molar-refractivity contribution is 0.0429. The molecule has 1 amide bonds. The Morgan fingerprint density at radius 1 is 1.48 bits per heavy atom. The highest BCUT2D eigenvalue weighted by atomic mass is 16.3. The maximum Gasteiger partial charge on any atom is 0.255 e. The summed E-state index contributed by atoms with van der Waals surface area (Å²) in [4.78, 5) is 18.3. The molecule has 0 spiro atoms. The monoisotopic (exact) mass is 293 g/mol. The van der Waals surface area contributed by atoms with Crippen LogP contribution in [0, 0.1) is 5.92 Å². The van der Waals surface area contributed by atoms with Gasteiger partial charge >= 0.3 is 0 Å². The Kier molecular flexibility index (Phi) is 6.15. The molecule has 1 unspecified atom stereocenters. The van der Waals surface area contributed by atoms with Gasteiger partial charge in [0.2, 0.25) is 0 Å². The molecule has 1 aromatic rings. The minimum atomic E-state index is -0.888. The molecule has 1 heterocycles. The van der Waals surface area contributed by atoms with Crippen molar-refractivity contribution in [2.75, 3.05) is 25.5 Å². The number of hydrogen-bond acceptors (Lipinski definition) is 4. The number of carbonyl (C=O) groups is 1. The van der Waals surface area contributed by atoms with Crippen LogP contribution < -0.4 is 10.2 Å². The SMILES string of the molecule is CC(C)CCC(C)(O)CNC(=O)c1cccnc1N(C)C. The van der Waals surface area contributed by atoms with Gasteiger partial charge in [0.15, 0.2) is 0 Å². The van der Waals surface area contributed by atoms with Crippen molar-refractivity contribution >= 4 is 11.7 Å². The van der Waals surface area contributed by atoms with Gasteiger partial charge in [-0.3, -0.25) is 4.79 Å². The molecular weight excluding hydrogens is 266 g/mol. The van der Waals surface area contributed by atoms with Crippen molar-refractivity contribution in [3.63, 3.8) is 0 Å². The van der Waals surface area contributed by atoms with Crippen LogP contribution in [-0.4, -0.2) is 42.2 Å². The van der Waals surface area contributed by atoms with Gasteiger partial charge in [0.25, 0.3) is 5.91 Å². The Hall–Kier alpha value is -1.62. The molecule has 21 heavy (non-hydrogen) atoms. The van der Waals surface area contributed by atoms with Crippen molar-refractivity contribution in [1.29, 1.82) is 0 Å². The number of hydrogen-bond donors (Lipinski definition) is 2. The summed E-state index contributed by atoms with van der Waals surface area (Å²) >= 11 is 0. The molecule has 5 nitrogen and oxygen atoms in total. The predicted octanol–water partition coefficient (Wildman–Crippen LogP) is 2.06. The number of nitrogens with zero attached hydrogens (tertiary/aromatic N) is 2. The first-order valence-corrected chi connectivity index (χ1v) is 7.36. The van der Waals surface area contributed by atoms with Crippen LogP contribution in [0.4, 0.5) is 5.82 Å². The molecule has 0 saturated carbocycles. The summed E-state index contributed by atoms with van der Waals surface area (Å²) in [6.45, 7) is 6.23. The third kappa shape index (κ3) is 5.71. The molecule has 0 bridgehead atoms. The number of aromatic nitrogens is 1. The van der Waals surface area contributed by atoms with Gasteiger partial charge in [-0.05, 0) is 37.8 Å². The Morgan fingerprint density at radius 3 is 2.71 bits per heavy atom. The molecule has 1 aromatic heterocycles. The van der Waals surface area contributed by atoms with Gasteiger partial charge in [0, 0.05) is 26.8 Å². The fourth-order valence-corrected chi connectivity index (χ4v) is 1.98. The van der Waals surface area contributed by atoms with Gasteiger partial charge in [0.1, 0.15) is 5.82 Å². The van der Waals surface area contributed by atoms with Crippen molar-refractivity contribution in [1.82, 2.24) is 10.3 Å². The average molecular weight is 293 g/mol. The highest BCUT2D eigenvalue weighted by Crippen LogP contribution is 2.17. The topological polar surface area (TPSA) is 65.5 Å². The minimum absolute atomic E-state index is 0.211.